The molecule has 1 saturated carbocycles. The Morgan fingerprint density at radius 1 is 1.17 bits per heavy atom. The number of carbonyl (C=O) groups is 2. The lowest BCUT2D eigenvalue weighted by Crippen LogP contribution is -2.28. The van der Waals surface area contributed by atoms with Crippen LogP contribution >= 0.6 is 15.9 Å². The number of benzene rings is 2. The Kier molecular flexibility index (Phi) is 3.57. The third kappa shape index (κ3) is 2.67. The topological polar surface area (TPSA) is 67.4 Å². The molecule has 2 aromatic carbocycles. The monoisotopic (exact) mass is 386 g/mol. The second-order valence-corrected chi connectivity index (χ2v) is 7.01. The number of anilines is 2. The molecule has 0 bridgehead atoms. The Bertz CT molecular complexity index is 829. The minimum absolute atomic E-state index is 0.0192. The van der Waals surface area contributed by atoms with Gasteiger partial charge in [0.05, 0.1) is 11.1 Å². The summed E-state index contributed by atoms with van der Waals surface area (Å²) in [5, 5.41) is 5.71. The normalized spacial score (nSPS) is 17.3. The first-order chi connectivity index (χ1) is 11.6. The van der Waals surface area contributed by atoms with E-state index in [0.717, 1.165) is 22.9 Å². The van der Waals surface area contributed by atoms with Crippen LogP contribution in [0.4, 0.5) is 11.4 Å². The fourth-order valence-corrected chi connectivity index (χ4v) is 3.22. The molecule has 4 rings (SSSR count). The number of hydrogen-bond donors (Lipinski definition) is 2. The molecular weight excluding hydrogens is 372 g/mol. The van der Waals surface area contributed by atoms with Gasteiger partial charge < -0.3 is 15.4 Å². The maximum atomic E-state index is 12.8. The zero-order chi connectivity index (χ0) is 16.7. The number of nitrogens with one attached hydrogen (secondary N) is 2. The maximum absolute atomic E-state index is 12.8. The van der Waals surface area contributed by atoms with Crippen LogP contribution in [0.3, 0.4) is 0 Å². The van der Waals surface area contributed by atoms with Gasteiger partial charge in [0.2, 0.25) is 5.91 Å². The number of hydrogen-bond acceptors (Lipinski definition) is 3. The van der Waals surface area contributed by atoms with Crippen molar-refractivity contribution in [3.8, 4) is 5.75 Å². The second-order valence-electron chi connectivity index (χ2n) is 6.09. The SMILES string of the molecule is O=C1COc2ccc(NC(=O)C3(c4ccc(Br)cc4)CC3)cc2N1. The van der Waals surface area contributed by atoms with E-state index in [2.05, 4.69) is 26.6 Å². The van der Waals surface area contributed by atoms with Gasteiger partial charge in [-0.15, -0.1) is 0 Å². The molecule has 0 aromatic heterocycles. The molecule has 6 heteroatoms. The minimum atomic E-state index is -0.448. The van der Waals surface area contributed by atoms with E-state index >= 15 is 0 Å². The number of fused-ring (bicyclic) bond motifs is 1. The van der Waals surface area contributed by atoms with Crippen LogP contribution in [0.15, 0.2) is 46.9 Å². The van der Waals surface area contributed by atoms with Gasteiger partial charge >= 0.3 is 0 Å². The standard InChI is InChI=1S/C18H15BrN2O3/c19-12-3-1-11(2-4-12)18(7-8-18)17(23)20-13-5-6-15-14(9-13)21-16(22)10-24-15/h1-6,9H,7-8,10H2,(H,20,23)(H,21,22). The molecule has 0 atom stereocenters. The van der Waals surface area contributed by atoms with Crippen molar-refractivity contribution in [2.75, 3.05) is 17.2 Å². The highest BCUT2D eigenvalue weighted by Crippen LogP contribution is 2.49. The van der Waals surface area contributed by atoms with Gasteiger partial charge in [-0.2, -0.15) is 0 Å². The van der Waals surface area contributed by atoms with Crippen LogP contribution in [-0.4, -0.2) is 18.4 Å². The number of amides is 2. The van der Waals surface area contributed by atoms with E-state index in [9.17, 15) is 9.59 Å². The molecule has 0 unspecified atom stereocenters. The van der Waals surface area contributed by atoms with Gasteiger partial charge in [-0.3, -0.25) is 9.59 Å². The molecule has 1 heterocycles. The highest BCUT2D eigenvalue weighted by atomic mass is 79.9. The average Bonchev–Trinajstić information content (AvgIpc) is 3.37. The molecule has 2 N–H and O–H groups in total. The van der Waals surface area contributed by atoms with Crippen molar-refractivity contribution in [2.24, 2.45) is 0 Å². The molecule has 2 aliphatic rings. The van der Waals surface area contributed by atoms with E-state index in [1.165, 1.54) is 0 Å². The Hall–Kier alpha value is -2.34. The van der Waals surface area contributed by atoms with Crippen LogP contribution in [0.25, 0.3) is 0 Å². The summed E-state index contributed by atoms with van der Waals surface area (Å²) in [5.74, 6) is 0.397. The van der Waals surface area contributed by atoms with E-state index in [-0.39, 0.29) is 18.4 Å². The largest absolute Gasteiger partial charge is 0.482 e. The smallest absolute Gasteiger partial charge is 0.262 e. The van der Waals surface area contributed by atoms with Gasteiger partial charge in [0.15, 0.2) is 6.61 Å². The predicted molar refractivity (Wildman–Crippen MR) is 94.3 cm³/mol. The number of carbonyl (C=O) groups excluding carboxylic acids is 2. The molecule has 0 spiro atoms. The van der Waals surface area contributed by atoms with Crippen molar-refractivity contribution >= 4 is 39.1 Å². The van der Waals surface area contributed by atoms with E-state index in [1.807, 2.05) is 24.3 Å². The highest BCUT2D eigenvalue weighted by Gasteiger charge is 2.51. The van der Waals surface area contributed by atoms with Crippen molar-refractivity contribution in [2.45, 2.75) is 18.3 Å². The lowest BCUT2D eigenvalue weighted by Gasteiger charge is -2.20. The summed E-state index contributed by atoms with van der Waals surface area (Å²) >= 11 is 3.42. The zero-order valence-corrected chi connectivity index (χ0v) is 14.4. The molecule has 5 nitrogen and oxygen atoms in total. The quantitative estimate of drug-likeness (QED) is 0.848. The fraction of sp³-hybridized carbons (Fsp3) is 0.222. The van der Waals surface area contributed by atoms with Gasteiger partial charge in [-0.25, -0.2) is 0 Å². The Labute approximate surface area is 147 Å². The maximum Gasteiger partial charge on any atom is 0.262 e. The summed E-state index contributed by atoms with van der Waals surface area (Å²) in [5.41, 5.74) is 1.80. The van der Waals surface area contributed by atoms with E-state index in [1.54, 1.807) is 18.2 Å². The lowest BCUT2D eigenvalue weighted by atomic mass is 9.95. The van der Waals surface area contributed by atoms with Crippen LogP contribution in [0.2, 0.25) is 0 Å². The van der Waals surface area contributed by atoms with Crippen molar-refractivity contribution in [3.05, 3.63) is 52.5 Å². The summed E-state index contributed by atoms with van der Waals surface area (Å²) in [4.78, 5) is 24.2. The number of halogens is 1. The molecule has 24 heavy (non-hydrogen) atoms. The second kappa shape index (κ2) is 5.63. The van der Waals surface area contributed by atoms with Gasteiger partial charge in [0.25, 0.3) is 5.91 Å². The third-order valence-electron chi connectivity index (χ3n) is 4.45. The average molecular weight is 387 g/mol. The van der Waals surface area contributed by atoms with Crippen LogP contribution < -0.4 is 15.4 Å². The Morgan fingerprint density at radius 2 is 1.92 bits per heavy atom. The first-order valence-electron chi connectivity index (χ1n) is 7.71. The minimum Gasteiger partial charge on any atom is -0.482 e. The first kappa shape index (κ1) is 15.2. The summed E-state index contributed by atoms with van der Waals surface area (Å²) in [6, 6.07) is 13.1. The molecule has 2 aromatic rings. The zero-order valence-electron chi connectivity index (χ0n) is 12.8. The molecule has 122 valence electrons. The van der Waals surface area contributed by atoms with Crippen molar-refractivity contribution in [3.63, 3.8) is 0 Å². The van der Waals surface area contributed by atoms with Crippen molar-refractivity contribution in [1.29, 1.82) is 0 Å². The summed E-state index contributed by atoms with van der Waals surface area (Å²) in [7, 11) is 0. The molecule has 1 aliphatic heterocycles. The van der Waals surface area contributed by atoms with Crippen LogP contribution in [0, 0.1) is 0 Å². The first-order valence-corrected chi connectivity index (χ1v) is 8.50. The molecule has 1 aliphatic carbocycles. The van der Waals surface area contributed by atoms with Crippen LogP contribution in [-0.2, 0) is 15.0 Å². The van der Waals surface area contributed by atoms with E-state index in [0.29, 0.717) is 17.1 Å². The fourth-order valence-electron chi connectivity index (χ4n) is 2.95. The molecule has 1 fully saturated rings. The molecule has 0 saturated heterocycles. The lowest BCUT2D eigenvalue weighted by molar-refractivity contribution is -0.119. The van der Waals surface area contributed by atoms with Crippen molar-refractivity contribution in [1.82, 2.24) is 0 Å². The van der Waals surface area contributed by atoms with Gasteiger partial charge in [-0.1, -0.05) is 28.1 Å². The van der Waals surface area contributed by atoms with Gasteiger partial charge in [0.1, 0.15) is 5.75 Å². The van der Waals surface area contributed by atoms with E-state index in [4.69, 9.17) is 4.74 Å². The summed E-state index contributed by atoms with van der Waals surface area (Å²) in [6.45, 7) is 0.0192. The Balaban J connectivity index is 1.55. The van der Waals surface area contributed by atoms with Gasteiger partial charge in [-0.05, 0) is 48.7 Å². The highest BCUT2D eigenvalue weighted by molar-refractivity contribution is 9.10. The summed E-state index contributed by atoms with van der Waals surface area (Å²) < 4.78 is 6.32. The predicted octanol–water partition coefficient (Wildman–Crippen LogP) is 3.45. The van der Waals surface area contributed by atoms with Crippen LogP contribution in [0.5, 0.6) is 5.75 Å². The van der Waals surface area contributed by atoms with E-state index < -0.39 is 5.41 Å². The Morgan fingerprint density at radius 3 is 2.62 bits per heavy atom. The molecule has 0 radical (unpaired) electrons. The number of ether oxygens (including phenoxy) is 1. The summed E-state index contributed by atoms with van der Waals surface area (Å²) in [6.07, 6.45) is 1.68. The van der Waals surface area contributed by atoms with Crippen molar-refractivity contribution < 1.29 is 14.3 Å². The van der Waals surface area contributed by atoms with Crippen LogP contribution in [0.1, 0.15) is 18.4 Å². The van der Waals surface area contributed by atoms with Gasteiger partial charge in [0, 0.05) is 10.2 Å². The molecular formula is C18H15BrN2O3. The number of rotatable bonds is 3. The third-order valence-corrected chi connectivity index (χ3v) is 4.98. The molecule has 2 amide bonds.